The number of piperidine rings is 2. The Balaban J connectivity index is 1.59. The number of likely N-dealkylation sites (tertiary alicyclic amines) is 2. The van der Waals surface area contributed by atoms with Crippen LogP contribution in [-0.4, -0.2) is 54.0 Å². The first-order chi connectivity index (χ1) is 10.5. The van der Waals surface area contributed by atoms with Gasteiger partial charge in [0.25, 0.3) is 0 Å². The van der Waals surface area contributed by atoms with E-state index in [9.17, 15) is 4.79 Å². The van der Waals surface area contributed by atoms with Gasteiger partial charge in [-0.15, -0.1) is 0 Å². The number of hydrogen-bond acceptors (Lipinski definition) is 3. The summed E-state index contributed by atoms with van der Waals surface area (Å²) >= 11 is 0. The highest BCUT2D eigenvalue weighted by molar-refractivity contribution is 5.78. The number of hydrogen-bond donors (Lipinski definition) is 1. The summed E-state index contributed by atoms with van der Waals surface area (Å²) in [6.07, 6.45) is 8.76. The van der Waals surface area contributed by atoms with Crippen LogP contribution in [0.3, 0.4) is 0 Å². The predicted molar refractivity (Wildman–Crippen MR) is 89.5 cm³/mol. The minimum atomic E-state index is 0.119. The molecule has 2 saturated heterocycles. The second-order valence-corrected chi connectivity index (χ2v) is 8.44. The van der Waals surface area contributed by atoms with E-state index in [1.165, 1.54) is 38.5 Å². The maximum atomic E-state index is 12.9. The standard InChI is InChI=1S/C18H33N3O/c1-18(2)13-20(11-9-16(18)19)12-17(22)21-10-5-7-14-6-3-4-8-15(14)21/h14-16H,3-13,19H2,1-2H3. The van der Waals surface area contributed by atoms with Crippen LogP contribution in [0.15, 0.2) is 0 Å². The van der Waals surface area contributed by atoms with Crippen LogP contribution in [0.5, 0.6) is 0 Å². The van der Waals surface area contributed by atoms with Crippen molar-refractivity contribution >= 4 is 5.91 Å². The van der Waals surface area contributed by atoms with E-state index in [1.807, 2.05) is 0 Å². The highest BCUT2D eigenvalue weighted by atomic mass is 16.2. The number of carbonyl (C=O) groups is 1. The molecule has 2 heterocycles. The molecule has 0 radical (unpaired) electrons. The molecule has 3 fully saturated rings. The van der Waals surface area contributed by atoms with E-state index >= 15 is 0 Å². The molecule has 0 bridgehead atoms. The van der Waals surface area contributed by atoms with Gasteiger partial charge in [0, 0.05) is 31.7 Å². The lowest BCUT2D eigenvalue weighted by Crippen LogP contribution is -2.56. The lowest BCUT2D eigenvalue weighted by atomic mass is 9.78. The molecule has 4 heteroatoms. The van der Waals surface area contributed by atoms with Crippen molar-refractivity contribution in [3.8, 4) is 0 Å². The number of amides is 1. The summed E-state index contributed by atoms with van der Waals surface area (Å²) in [7, 11) is 0. The van der Waals surface area contributed by atoms with Gasteiger partial charge in [-0.3, -0.25) is 9.69 Å². The summed E-state index contributed by atoms with van der Waals surface area (Å²) in [6, 6.07) is 0.798. The largest absolute Gasteiger partial charge is 0.338 e. The summed E-state index contributed by atoms with van der Waals surface area (Å²) in [5.41, 5.74) is 6.33. The van der Waals surface area contributed by atoms with Crippen LogP contribution < -0.4 is 5.73 Å². The van der Waals surface area contributed by atoms with Crippen molar-refractivity contribution in [3.05, 3.63) is 0 Å². The first-order valence-corrected chi connectivity index (χ1v) is 9.25. The summed E-state index contributed by atoms with van der Waals surface area (Å²) in [4.78, 5) is 17.4. The normalized spacial score (nSPS) is 36.0. The number of nitrogens with two attached hydrogens (primary N) is 1. The Morgan fingerprint density at radius 3 is 2.59 bits per heavy atom. The molecule has 3 aliphatic rings. The van der Waals surface area contributed by atoms with Crippen molar-refractivity contribution in [1.29, 1.82) is 0 Å². The minimum Gasteiger partial charge on any atom is -0.338 e. The van der Waals surface area contributed by atoms with Gasteiger partial charge < -0.3 is 10.6 Å². The maximum absolute atomic E-state index is 12.9. The van der Waals surface area contributed by atoms with Crippen molar-refractivity contribution in [2.24, 2.45) is 17.1 Å². The predicted octanol–water partition coefficient (Wildman–Crippen LogP) is 2.23. The van der Waals surface area contributed by atoms with E-state index in [4.69, 9.17) is 5.73 Å². The van der Waals surface area contributed by atoms with E-state index < -0.39 is 0 Å². The van der Waals surface area contributed by atoms with Crippen molar-refractivity contribution in [2.45, 2.75) is 70.9 Å². The van der Waals surface area contributed by atoms with Crippen LogP contribution in [0.2, 0.25) is 0 Å². The van der Waals surface area contributed by atoms with Gasteiger partial charge in [-0.1, -0.05) is 26.7 Å². The Hall–Kier alpha value is -0.610. The van der Waals surface area contributed by atoms with Gasteiger partial charge in [0.2, 0.25) is 5.91 Å². The van der Waals surface area contributed by atoms with Crippen LogP contribution in [0, 0.1) is 11.3 Å². The summed E-state index contributed by atoms with van der Waals surface area (Å²) in [5, 5.41) is 0. The van der Waals surface area contributed by atoms with Gasteiger partial charge in [-0.2, -0.15) is 0 Å². The zero-order valence-corrected chi connectivity index (χ0v) is 14.4. The highest BCUT2D eigenvalue weighted by Crippen LogP contribution is 2.35. The number of fused-ring (bicyclic) bond motifs is 1. The SMILES string of the molecule is CC1(C)CN(CC(=O)N2CCCC3CCCCC32)CCC1N. The van der Waals surface area contributed by atoms with Gasteiger partial charge in [-0.05, 0) is 43.4 Å². The molecule has 1 amide bonds. The van der Waals surface area contributed by atoms with Crippen molar-refractivity contribution in [1.82, 2.24) is 9.80 Å². The average Bonchev–Trinajstić information content (AvgIpc) is 2.50. The van der Waals surface area contributed by atoms with Crippen LogP contribution in [0.1, 0.15) is 58.8 Å². The average molecular weight is 307 g/mol. The molecular weight excluding hydrogens is 274 g/mol. The van der Waals surface area contributed by atoms with Gasteiger partial charge in [0.05, 0.1) is 6.54 Å². The Labute approximate surface area is 135 Å². The molecule has 2 N–H and O–H groups in total. The van der Waals surface area contributed by atoms with E-state index in [0.717, 1.165) is 32.0 Å². The van der Waals surface area contributed by atoms with Crippen molar-refractivity contribution in [3.63, 3.8) is 0 Å². The van der Waals surface area contributed by atoms with Crippen molar-refractivity contribution < 1.29 is 4.79 Å². The topological polar surface area (TPSA) is 49.6 Å². The maximum Gasteiger partial charge on any atom is 0.237 e. The highest BCUT2D eigenvalue weighted by Gasteiger charge is 2.38. The van der Waals surface area contributed by atoms with E-state index in [-0.39, 0.29) is 11.5 Å². The monoisotopic (exact) mass is 307 g/mol. The molecule has 3 rings (SSSR count). The molecule has 3 atom stereocenters. The van der Waals surface area contributed by atoms with Gasteiger partial charge in [0.15, 0.2) is 0 Å². The molecule has 4 nitrogen and oxygen atoms in total. The molecule has 0 aromatic heterocycles. The third kappa shape index (κ3) is 3.33. The second-order valence-electron chi connectivity index (χ2n) is 8.44. The van der Waals surface area contributed by atoms with E-state index in [2.05, 4.69) is 23.6 Å². The molecule has 2 aliphatic heterocycles. The fourth-order valence-electron chi connectivity index (χ4n) is 4.84. The molecule has 22 heavy (non-hydrogen) atoms. The lowest BCUT2D eigenvalue weighted by Gasteiger charge is -2.46. The molecule has 1 saturated carbocycles. The van der Waals surface area contributed by atoms with Crippen LogP contribution in [0.4, 0.5) is 0 Å². The van der Waals surface area contributed by atoms with Crippen LogP contribution in [0.25, 0.3) is 0 Å². The molecule has 1 aliphatic carbocycles. The van der Waals surface area contributed by atoms with Gasteiger partial charge >= 0.3 is 0 Å². The smallest absolute Gasteiger partial charge is 0.237 e. The quantitative estimate of drug-likeness (QED) is 0.851. The first-order valence-electron chi connectivity index (χ1n) is 9.25. The lowest BCUT2D eigenvalue weighted by molar-refractivity contribution is -0.139. The fraction of sp³-hybridized carbons (Fsp3) is 0.944. The zero-order chi connectivity index (χ0) is 15.7. The Kier molecular flexibility index (Phi) is 4.79. The Morgan fingerprint density at radius 1 is 1.09 bits per heavy atom. The molecule has 0 aromatic rings. The van der Waals surface area contributed by atoms with Gasteiger partial charge in [0.1, 0.15) is 0 Å². The molecule has 126 valence electrons. The third-order valence-corrected chi connectivity index (χ3v) is 6.31. The number of nitrogens with zero attached hydrogens (tertiary/aromatic N) is 2. The second kappa shape index (κ2) is 6.48. The van der Waals surface area contributed by atoms with Crippen LogP contribution in [-0.2, 0) is 4.79 Å². The Morgan fingerprint density at radius 2 is 1.82 bits per heavy atom. The summed E-state index contributed by atoms with van der Waals surface area (Å²) in [5.74, 6) is 1.14. The number of rotatable bonds is 2. The van der Waals surface area contributed by atoms with E-state index in [1.54, 1.807) is 0 Å². The van der Waals surface area contributed by atoms with Crippen molar-refractivity contribution in [2.75, 3.05) is 26.2 Å². The summed E-state index contributed by atoms with van der Waals surface area (Å²) < 4.78 is 0. The first kappa shape index (κ1) is 16.3. The zero-order valence-electron chi connectivity index (χ0n) is 14.4. The molecule has 0 spiro atoms. The van der Waals surface area contributed by atoms with Crippen LogP contribution >= 0.6 is 0 Å². The fourth-order valence-corrected chi connectivity index (χ4v) is 4.84. The molecule has 3 unspecified atom stereocenters. The molecule has 0 aromatic carbocycles. The van der Waals surface area contributed by atoms with Gasteiger partial charge in [-0.25, -0.2) is 0 Å². The number of carbonyl (C=O) groups excluding carboxylic acids is 1. The van der Waals surface area contributed by atoms with E-state index in [0.29, 0.717) is 18.5 Å². The minimum absolute atomic E-state index is 0.119. The Bertz CT molecular complexity index is 407. The molecular formula is C18H33N3O. The summed E-state index contributed by atoms with van der Waals surface area (Å²) in [6.45, 7) is 7.95. The third-order valence-electron chi connectivity index (χ3n) is 6.31.